The van der Waals surface area contributed by atoms with Gasteiger partial charge in [-0.15, -0.1) is 0 Å². The second-order valence-electron chi connectivity index (χ2n) is 5.80. The summed E-state index contributed by atoms with van der Waals surface area (Å²) in [6, 6.07) is 4.93. The highest BCUT2D eigenvalue weighted by atomic mass is 19.1. The summed E-state index contributed by atoms with van der Waals surface area (Å²) in [5, 5.41) is 2.85. The Balaban J connectivity index is 1.87. The fourth-order valence-electron chi connectivity index (χ4n) is 2.71. The van der Waals surface area contributed by atoms with Gasteiger partial charge in [0.2, 0.25) is 5.91 Å². The van der Waals surface area contributed by atoms with Crippen LogP contribution in [0.1, 0.15) is 43.7 Å². The number of nitrogens with one attached hydrogen (secondary N) is 1. The molecule has 0 aliphatic heterocycles. The number of benzene rings is 1. The number of halogens is 1. The van der Waals surface area contributed by atoms with E-state index in [-0.39, 0.29) is 24.2 Å². The van der Waals surface area contributed by atoms with Crippen LogP contribution in [-0.2, 0) is 17.9 Å². The highest BCUT2D eigenvalue weighted by molar-refractivity contribution is 5.78. The molecule has 0 radical (unpaired) electrons. The number of amides is 1. The molecule has 1 fully saturated rings. The third-order valence-corrected chi connectivity index (χ3v) is 4.19. The van der Waals surface area contributed by atoms with Gasteiger partial charge in [-0.3, -0.25) is 4.79 Å². The van der Waals surface area contributed by atoms with Crippen molar-refractivity contribution in [2.45, 2.75) is 45.7 Å². The molecule has 2 rings (SSSR count). The smallest absolute Gasteiger partial charge is 0.223 e. The van der Waals surface area contributed by atoms with Crippen molar-refractivity contribution in [2.24, 2.45) is 17.6 Å². The van der Waals surface area contributed by atoms with E-state index in [2.05, 4.69) is 12.2 Å². The average molecular weight is 278 g/mol. The minimum Gasteiger partial charge on any atom is -0.352 e. The molecule has 0 heterocycles. The standard InChI is InChI=1S/C16H23FN2O/c1-11-2-5-13(6-3-11)16(20)19-10-14-7-4-12(9-18)8-15(14)17/h4,7-8,11,13H,2-3,5-6,9-10,18H2,1H3,(H,19,20). The summed E-state index contributed by atoms with van der Waals surface area (Å²) in [6.45, 7) is 2.80. The van der Waals surface area contributed by atoms with Gasteiger partial charge in [0, 0.05) is 24.6 Å². The molecule has 20 heavy (non-hydrogen) atoms. The van der Waals surface area contributed by atoms with E-state index in [0.29, 0.717) is 12.1 Å². The van der Waals surface area contributed by atoms with Gasteiger partial charge in [-0.2, -0.15) is 0 Å². The average Bonchev–Trinajstić information content (AvgIpc) is 2.46. The van der Waals surface area contributed by atoms with Gasteiger partial charge in [0.25, 0.3) is 0 Å². The molecule has 1 aromatic rings. The zero-order chi connectivity index (χ0) is 14.5. The summed E-state index contributed by atoms with van der Waals surface area (Å²) in [5.41, 5.74) is 6.74. The van der Waals surface area contributed by atoms with E-state index >= 15 is 0 Å². The summed E-state index contributed by atoms with van der Waals surface area (Å²) < 4.78 is 13.8. The minimum atomic E-state index is -0.300. The molecule has 0 bridgehead atoms. The van der Waals surface area contributed by atoms with Gasteiger partial charge in [-0.05, 0) is 43.2 Å². The van der Waals surface area contributed by atoms with Crippen molar-refractivity contribution in [1.29, 1.82) is 0 Å². The first kappa shape index (κ1) is 15.0. The van der Waals surface area contributed by atoms with E-state index in [1.165, 1.54) is 6.07 Å². The van der Waals surface area contributed by atoms with E-state index in [1.54, 1.807) is 12.1 Å². The molecule has 1 aliphatic rings. The Hall–Kier alpha value is -1.42. The molecule has 0 aromatic heterocycles. The topological polar surface area (TPSA) is 55.1 Å². The van der Waals surface area contributed by atoms with Crippen molar-refractivity contribution in [1.82, 2.24) is 5.32 Å². The molecule has 1 aromatic carbocycles. The Kier molecular flexibility index (Phi) is 5.12. The summed E-state index contributed by atoms with van der Waals surface area (Å²) in [5.74, 6) is 0.572. The quantitative estimate of drug-likeness (QED) is 0.889. The summed E-state index contributed by atoms with van der Waals surface area (Å²) in [6.07, 6.45) is 4.11. The fraction of sp³-hybridized carbons (Fsp3) is 0.562. The van der Waals surface area contributed by atoms with E-state index in [9.17, 15) is 9.18 Å². The number of hydrogen-bond donors (Lipinski definition) is 2. The largest absolute Gasteiger partial charge is 0.352 e. The number of rotatable bonds is 4. The normalized spacial score (nSPS) is 22.6. The molecular formula is C16H23FN2O. The van der Waals surface area contributed by atoms with Gasteiger partial charge in [0.15, 0.2) is 0 Å². The van der Waals surface area contributed by atoms with Gasteiger partial charge >= 0.3 is 0 Å². The lowest BCUT2D eigenvalue weighted by Crippen LogP contribution is -2.32. The van der Waals surface area contributed by atoms with Gasteiger partial charge in [-0.1, -0.05) is 19.1 Å². The third-order valence-electron chi connectivity index (χ3n) is 4.19. The molecule has 110 valence electrons. The summed E-state index contributed by atoms with van der Waals surface area (Å²) >= 11 is 0. The molecule has 3 nitrogen and oxygen atoms in total. The van der Waals surface area contributed by atoms with Crippen LogP contribution < -0.4 is 11.1 Å². The van der Waals surface area contributed by atoms with E-state index in [4.69, 9.17) is 5.73 Å². The van der Waals surface area contributed by atoms with Crippen LogP contribution in [0.25, 0.3) is 0 Å². The van der Waals surface area contributed by atoms with E-state index < -0.39 is 0 Å². The zero-order valence-electron chi connectivity index (χ0n) is 12.0. The molecular weight excluding hydrogens is 255 g/mol. The maximum absolute atomic E-state index is 13.8. The van der Waals surface area contributed by atoms with Crippen LogP contribution in [0.15, 0.2) is 18.2 Å². The molecule has 0 unspecified atom stereocenters. The first-order chi connectivity index (χ1) is 9.60. The lowest BCUT2D eigenvalue weighted by molar-refractivity contribution is -0.126. The lowest BCUT2D eigenvalue weighted by Gasteiger charge is -2.25. The zero-order valence-corrected chi connectivity index (χ0v) is 12.0. The fourth-order valence-corrected chi connectivity index (χ4v) is 2.71. The monoisotopic (exact) mass is 278 g/mol. The van der Waals surface area contributed by atoms with Crippen LogP contribution in [0.2, 0.25) is 0 Å². The third kappa shape index (κ3) is 3.79. The van der Waals surface area contributed by atoms with Crippen molar-refractivity contribution < 1.29 is 9.18 Å². The first-order valence-electron chi connectivity index (χ1n) is 7.35. The Morgan fingerprint density at radius 1 is 1.35 bits per heavy atom. The Bertz CT molecular complexity index is 468. The Morgan fingerprint density at radius 2 is 2.05 bits per heavy atom. The predicted octanol–water partition coefficient (Wildman–Crippen LogP) is 2.73. The van der Waals surface area contributed by atoms with Crippen molar-refractivity contribution in [3.63, 3.8) is 0 Å². The molecule has 1 amide bonds. The highest BCUT2D eigenvalue weighted by Crippen LogP contribution is 2.28. The number of nitrogens with two attached hydrogens (primary N) is 1. The SMILES string of the molecule is CC1CCC(C(=O)NCc2ccc(CN)cc2F)CC1. The predicted molar refractivity (Wildman–Crippen MR) is 77.3 cm³/mol. The Morgan fingerprint density at radius 3 is 2.65 bits per heavy atom. The second-order valence-corrected chi connectivity index (χ2v) is 5.80. The van der Waals surface area contributed by atoms with Crippen molar-refractivity contribution in [3.05, 3.63) is 35.1 Å². The highest BCUT2D eigenvalue weighted by Gasteiger charge is 2.24. The second kappa shape index (κ2) is 6.84. The summed E-state index contributed by atoms with van der Waals surface area (Å²) in [7, 11) is 0. The lowest BCUT2D eigenvalue weighted by atomic mass is 9.82. The number of carbonyl (C=O) groups is 1. The minimum absolute atomic E-state index is 0.0548. The molecule has 0 saturated heterocycles. The molecule has 0 spiro atoms. The van der Waals surface area contributed by atoms with Gasteiger partial charge in [0.05, 0.1) is 0 Å². The molecule has 3 N–H and O–H groups in total. The first-order valence-corrected chi connectivity index (χ1v) is 7.35. The van der Waals surface area contributed by atoms with Crippen molar-refractivity contribution in [2.75, 3.05) is 0 Å². The molecule has 1 saturated carbocycles. The van der Waals surface area contributed by atoms with Crippen LogP contribution >= 0.6 is 0 Å². The Labute approximate surface area is 119 Å². The van der Waals surface area contributed by atoms with Crippen LogP contribution in [0.4, 0.5) is 4.39 Å². The van der Waals surface area contributed by atoms with Crippen LogP contribution in [-0.4, -0.2) is 5.91 Å². The van der Waals surface area contributed by atoms with Crippen LogP contribution in [0.5, 0.6) is 0 Å². The number of hydrogen-bond acceptors (Lipinski definition) is 2. The van der Waals surface area contributed by atoms with Gasteiger partial charge < -0.3 is 11.1 Å². The molecule has 1 aliphatic carbocycles. The van der Waals surface area contributed by atoms with Crippen LogP contribution in [0.3, 0.4) is 0 Å². The van der Waals surface area contributed by atoms with Gasteiger partial charge in [-0.25, -0.2) is 4.39 Å². The number of carbonyl (C=O) groups excluding carboxylic acids is 1. The maximum atomic E-state index is 13.8. The van der Waals surface area contributed by atoms with E-state index in [0.717, 1.165) is 37.2 Å². The summed E-state index contributed by atoms with van der Waals surface area (Å²) in [4.78, 5) is 12.1. The van der Waals surface area contributed by atoms with Gasteiger partial charge in [0.1, 0.15) is 5.82 Å². The van der Waals surface area contributed by atoms with E-state index in [1.807, 2.05) is 0 Å². The molecule has 0 atom stereocenters. The molecule has 4 heteroatoms. The van der Waals surface area contributed by atoms with Crippen LogP contribution in [0, 0.1) is 17.7 Å². The van der Waals surface area contributed by atoms with Crippen molar-refractivity contribution in [3.8, 4) is 0 Å². The van der Waals surface area contributed by atoms with Crippen molar-refractivity contribution >= 4 is 5.91 Å². The maximum Gasteiger partial charge on any atom is 0.223 e.